The number of esters is 1. The third-order valence-corrected chi connectivity index (χ3v) is 4.60. The van der Waals surface area contributed by atoms with Gasteiger partial charge in [0.2, 0.25) is 0 Å². The van der Waals surface area contributed by atoms with Gasteiger partial charge in [0.05, 0.1) is 6.61 Å². The van der Waals surface area contributed by atoms with Crippen molar-refractivity contribution in [3.63, 3.8) is 0 Å². The lowest BCUT2D eigenvalue weighted by Gasteiger charge is -2.03. The van der Waals surface area contributed by atoms with Gasteiger partial charge in [0.1, 0.15) is 0 Å². The predicted molar refractivity (Wildman–Crippen MR) is 84.7 cm³/mol. The average Bonchev–Trinajstić information content (AvgIpc) is 3.20. The molecule has 0 radical (unpaired) electrons. The Morgan fingerprint density at radius 3 is 2.05 bits per heavy atom. The zero-order valence-corrected chi connectivity index (χ0v) is 13.7. The summed E-state index contributed by atoms with van der Waals surface area (Å²) in [6, 6.07) is 0. The zero-order valence-electron chi connectivity index (χ0n) is 13.7. The van der Waals surface area contributed by atoms with Crippen molar-refractivity contribution in [3.05, 3.63) is 0 Å². The van der Waals surface area contributed by atoms with Crippen LogP contribution in [-0.2, 0) is 9.53 Å². The van der Waals surface area contributed by atoms with E-state index in [1.54, 1.807) is 0 Å². The van der Waals surface area contributed by atoms with Crippen LogP contribution in [-0.4, -0.2) is 12.6 Å². The normalized spacial score (nSPS) is 20.9. The zero-order chi connectivity index (χ0) is 14.6. The van der Waals surface area contributed by atoms with E-state index in [-0.39, 0.29) is 5.97 Å². The molecule has 0 bridgehead atoms. The smallest absolute Gasteiger partial charge is 0.305 e. The van der Waals surface area contributed by atoms with E-state index in [1.807, 2.05) is 6.92 Å². The van der Waals surface area contributed by atoms with Crippen LogP contribution in [0.3, 0.4) is 0 Å². The molecule has 0 aliphatic heterocycles. The van der Waals surface area contributed by atoms with Crippen LogP contribution in [0, 0.1) is 11.8 Å². The number of carbonyl (C=O) groups is 1. The van der Waals surface area contributed by atoms with Crippen LogP contribution in [0.15, 0.2) is 0 Å². The molecule has 0 spiro atoms. The summed E-state index contributed by atoms with van der Waals surface area (Å²) in [5.74, 6) is 2.13. The fourth-order valence-electron chi connectivity index (χ4n) is 3.13. The van der Waals surface area contributed by atoms with Crippen LogP contribution >= 0.6 is 0 Å². The number of rotatable bonds is 13. The van der Waals surface area contributed by atoms with Crippen LogP contribution < -0.4 is 0 Å². The minimum absolute atomic E-state index is 0.0297. The van der Waals surface area contributed by atoms with Gasteiger partial charge in [0, 0.05) is 6.42 Å². The summed E-state index contributed by atoms with van der Waals surface area (Å²) in [6.07, 6.45) is 15.4. The van der Waals surface area contributed by atoms with Crippen molar-refractivity contribution in [1.29, 1.82) is 0 Å². The Balaban J connectivity index is 1.71. The second-order valence-electron chi connectivity index (χ2n) is 6.34. The first-order valence-corrected chi connectivity index (χ1v) is 8.93. The third-order valence-electron chi connectivity index (χ3n) is 4.60. The van der Waals surface area contributed by atoms with Gasteiger partial charge in [-0.25, -0.2) is 0 Å². The van der Waals surface area contributed by atoms with Gasteiger partial charge in [0.25, 0.3) is 0 Å². The summed E-state index contributed by atoms with van der Waals surface area (Å²) >= 11 is 0. The topological polar surface area (TPSA) is 26.3 Å². The Labute approximate surface area is 125 Å². The lowest BCUT2D eigenvalue weighted by atomic mass is 10.0. The van der Waals surface area contributed by atoms with Gasteiger partial charge in [-0.15, -0.1) is 0 Å². The van der Waals surface area contributed by atoms with Gasteiger partial charge in [-0.05, 0) is 31.6 Å². The molecule has 0 unspecified atom stereocenters. The highest BCUT2D eigenvalue weighted by Crippen LogP contribution is 2.44. The Bertz CT molecular complexity index is 250. The molecule has 1 aliphatic rings. The quantitative estimate of drug-likeness (QED) is 0.329. The molecule has 2 heteroatoms. The molecule has 1 aliphatic carbocycles. The molecule has 0 amide bonds. The van der Waals surface area contributed by atoms with Crippen molar-refractivity contribution in [2.24, 2.45) is 11.8 Å². The average molecular weight is 282 g/mol. The van der Waals surface area contributed by atoms with Gasteiger partial charge in [-0.1, -0.05) is 64.7 Å². The van der Waals surface area contributed by atoms with E-state index in [0.717, 1.165) is 18.3 Å². The summed E-state index contributed by atoms with van der Waals surface area (Å²) < 4.78 is 4.91. The highest BCUT2D eigenvalue weighted by molar-refractivity contribution is 5.69. The van der Waals surface area contributed by atoms with Crippen molar-refractivity contribution >= 4 is 5.97 Å². The molecule has 0 heterocycles. The summed E-state index contributed by atoms with van der Waals surface area (Å²) in [7, 11) is 0. The number of carbonyl (C=O) groups excluding carboxylic acids is 1. The van der Waals surface area contributed by atoms with E-state index >= 15 is 0 Å². The van der Waals surface area contributed by atoms with E-state index in [4.69, 9.17) is 4.74 Å². The maximum absolute atomic E-state index is 11.1. The molecule has 1 rings (SSSR count). The largest absolute Gasteiger partial charge is 0.466 e. The molecule has 20 heavy (non-hydrogen) atoms. The first kappa shape index (κ1) is 17.5. The van der Waals surface area contributed by atoms with Crippen molar-refractivity contribution in [1.82, 2.24) is 0 Å². The number of ether oxygens (including phenoxy) is 1. The fourth-order valence-corrected chi connectivity index (χ4v) is 3.13. The summed E-state index contributed by atoms with van der Waals surface area (Å²) in [5, 5.41) is 0. The van der Waals surface area contributed by atoms with Crippen molar-refractivity contribution in [3.8, 4) is 0 Å². The standard InChI is InChI=1S/C18H34O2/c1-3-16-15-17(16)13-11-9-7-5-6-8-10-12-14-18(19)20-4-2/h16-17H,3-15H2,1-2H3/t16-,17-/m0/s1. The molecule has 0 aromatic carbocycles. The van der Waals surface area contributed by atoms with E-state index < -0.39 is 0 Å². The van der Waals surface area contributed by atoms with Gasteiger partial charge < -0.3 is 4.74 Å². The molecule has 0 saturated heterocycles. The van der Waals surface area contributed by atoms with E-state index in [9.17, 15) is 4.79 Å². The number of hydrogen-bond acceptors (Lipinski definition) is 2. The van der Waals surface area contributed by atoms with Crippen LogP contribution in [0.2, 0.25) is 0 Å². The van der Waals surface area contributed by atoms with Gasteiger partial charge in [0.15, 0.2) is 0 Å². The molecular weight excluding hydrogens is 248 g/mol. The maximum Gasteiger partial charge on any atom is 0.305 e. The minimum atomic E-state index is -0.0297. The van der Waals surface area contributed by atoms with Crippen molar-refractivity contribution in [2.45, 2.75) is 90.9 Å². The molecular formula is C18H34O2. The second kappa shape index (κ2) is 11.2. The van der Waals surface area contributed by atoms with Crippen molar-refractivity contribution in [2.75, 3.05) is 6.61 Å². The molecule has 1 fully saturated rings. The molecule has 2 nitrogen and oxygen atoms in total. The molecule has 118 valence electrons. The molecule has 1 saturated carbocycles. The van der Waals surface area contributed by atoms with Crippen LogP contribution in [0.5, 0.6) is 0 Å². The molecule has 0 aromatic rings. The van der Waals surface area contributed by atoms with Crippen LogP contribution in [0.25, 0.3) is 0 Å². The lowest BCUT2D eigenvalue weighted by molar-refractivity contribution is -0.143. The summed E-state index contributed by atoms with van der Waals surface area (Å²) in [5.41, 5.74) is 0. The highest BCUT2D eigenvalue weighted by atomic mass is 16.5. The van der Waals surface area contributed by atoms with Gasteiger partial charge in [-0.2, -0.15) is 0 Å². The SMILES string of the molecule is CCOC(=O)CCCCCCCCCC[C@H]1C[C@@H]1CC. The molecule has 0 N–H and O–H groups in total. The second-order valence-corrected chi connectivity index (χ2v) is 6.34. The maximum atomic E-state index is 11.1. The van der Waals surface area contributed by atoms with Crippen molar-refractivity contribution < 1.29 is 9.53 Å². The van der Waals surface area contributed by atoms with Crippen LogP contribution in [0.4, 0.5) is 0 Å². The van der Waals surface area contributed by atoms with E-state index in [2.05, 4.69) is 6.92 Å². The Morgan fingerprint density at radius 1 is 0.900 bits per heavy atom. The molecule has 2 atom stereocenters. The summed E-state index contributed by atoms with van der Waals surface area (Å²) in [6.45, 7) is 4.70. The lowest BCUT2D eigenvalue weighted by Crippen LogP contribution is -2.03. The minimum Gasteiger partial charge on any atom is -0.466 e. The number of unbranched alkanes of at least 4 members (excludes halogenated alkanes) is 7. The van der Waals surface area contributed by atoms with E-state index in [0.29, 0.717) is 13.0 Å². The predicted octanol–water partition coefficient (Wildman–Crippen LogP) is 5.50. The Kier molecular flexibility index (Phi) is 9.78. The molecule has 0 aromatic heterocycles. The Morgan fingerprint density at radius 2 is 1.50 bits per heavy atom. The van der Waals surface area contributed by atoms with Crippen LogP contribution in [0.1, 0.15) is 90.9 Å². The van der Waals surface area contributed by atoms with E-state index in [1.165, 1.54) is 64.2 Å². The Hall–Kier alpha value is -0.530. The fraction of sp³-hybridized carbons (Fsp3) is 0.944. The number of hydrogen-bond donors (Lipinski definition) is 0. The first-order chi connectivity index (χ1) is 9.77. The monoisotopic (exact) mass is 282 g/mol. The van der Waals surface area contributed by atoms with Gasteiger partial charge in [-0.3, -0.25) is 4.79 Å². The third kappa shape index (κ3) is 8.60. The summed E-state index contributed by atoms with van der Waals surface area (Å²) in [4.78, 5) is 11.1. The first-order valence-electron chi connectivity index (χ1n) is 8.93. The highest BCUT2D eigenvalue weighted by Gasteiger charge is 2.33. The van der Waals surface area contributed by atoms with Gasteiger partial charge >= 0.3 is 5.97 Å².